The average Bonchev–Trinajstić information content (AvgIpc) is 2.71. The maximum absolute atomic E-state index is 12.1. The highest BCUT2D eigenvalue weighted by Gasteiger charge is 2.20. The number of halogens is 1. The number of nitrogens with zero attached hydrogens (tertiary/aromatic N) is 2. The van der Waals surface area contributed by atoms with Gasteiger partial charge in [-0.2, -0.15) is 0 Å². The number of piperazine rings is 1. The number of quaternary nitrogens is 1. The third kappa shape index (κ3) is 5.82. The van der Waals surface area contributed by atoms with Gasteiger partial charge in [-0.25, -0.2) is 4.79 Å². The Bertz CT molecular complexity index is 867. The zero-order chi connectivity index (χ0) is 20.8. The minimum absolute atomic E-state index is 0.107. The van der Waals surface area contributed by atoms with Crippen LogP contribution in [0, 0.1) is 17.0 Å². The number of aryl methyl sites for hydroxylation is 1. The van der Waals surface area contributed by atoms with Crippen molar-refractivity contribution < 1.29 is 14.6 Å². The molecule has 1 aliphatic heterocycles. The molecule has 1 saturated heterocycles. The monoisotopic (exact) mass is 418 g/mol. The molecule has 9 heteroatoms. The van der Waals surface area contributed by atoms with Crippen molar-refractivity contribution >= 4 is 34.7 Å². The summed E-state index contributed by atoms with van der Waals surface area (Å²) in [5, 5.41) is 17.1. The van der Waals surface area contributed by atoms with E-state index in [1.165, 1.54) is 4.90 Å². The Labute approximate surface area is 174 Å². The summed E-state index contributed by atoms with van der Waals surface area (Å²) >= 11 is 5.97. The van der Waals surface area contributed by atoms with Crippen LogP contribution in [0.3, 0.4) is 0 Å². The normalized spacial score (nSPS) is 14.5. The second-order valence-electron chi connectivity index (χ2n) is 7.10. The van der Waals surface area contributed by atoms with E-state index in [1.807, 2.05) is 13.0 Å². The van der Waals surface area contributed by atoms with Crippen molar-refractivity contribution in [1.82, 2.24) is 5.32 Å². The lowest BCUT2D eigenvalue weighted by Gasteiger charge is -2.33. The molecule has 1 heterocycles. The Morgan fingerprint density at radius 1 is 1.21 bits per heavy atom. The molecule has 0 aromatic heterocycles. The number of hydrogen-bond acceptors (Lipinski definition) is 4. The van der Waals surface area contributed by atoms with Gasteiger partial charge < -0.3 is 20.4 Å². The molecule has 0 atom stereocenters. The van der Waals surface area contributed by atoms with Gasteiger partial charge in [0.15, 0.2) is 0 Å². The number of nitro groups is 1. The number of anilines is 2. The smallest absolute Gasteiger partial charge is 0.319 e. The minimum atomic E-state index is -0.386. The van der Waals surface area contributed by atoms with Gasteiger partial charge in [-0.15, -0.1) is 0 Å². The van der Waals surface area contributed by atoms with Gasteiger partial charge in [0.25, 0.3) is 5.69 Å². The zero-order valence-corrected chi connectivity index (χ0v) is 17.0. The lowest BCUT2D eigenvalue weighted by Crippen LogP contribution is -3.15. The minimum Gasteiger partial charge on any atom is -0.360 e. The largest absolute Gasteiger partial charge is 0.360 e. The summed E-state index contributed by atoms with van der Waals surface area (Å²) < 4.78 is 0. The fourth-order valence-corrected chi connectivity index (χ4v) is 3.54. The summed E-state index contributed by atoms with van der Waals surface area (Å²) in [6.07, 6.45) is 0. The highest BCUT2D eigenvalue weighted by Crippen LogP contribution is 2.20. The van der Waals surface area contributed by atoms with Gasteiger partial charge in [0.05, 0.1) is 44.2 Å². The van der Waals surface area contributed by atoms with Crippen LogP contribution in [0.4, 0.5) is 21.9 Å². The third-order valence-corrected chi connectivity index (χ3v) is 5.34. The van der Waals surface area contributed by atoms with Gasteiger partial charge in [-0.3, -0.25) is 10.1 Å². The lowest BCUT2D eigenvalue weighted by molar-refractivity contribution is -0.899. The molecule has 2 amide bonds. The number of urea groups is 1. The van der Waals surface area contributed by atoms with Gasteiger partial charge in [0, 0.05) is 28.5 Å². The molecule has 0 radical (unpaired) electrons. The number of carbonyl (C=O) groups is 1. The first kappa shape index (κ1) is 20.9. The first-order valence-corrected chi connectivity index (χ1v) is 9.94. The van der Waals surface area contributed by atoms with Crippen molar-refractivity contribution in [3.8, 4) is 0 Å². The SMILES string of the molecule is Cc1ccc(Cl)cc1NC(=O)NCC[NH+]1CCN(c2ccc([N+](=O)[O-])cc2)CC1. The van der Waals surface area contributed by atoms with Gasteiger partial charge in [-0.1, -0.05) is 17.7 Å². The van der Waals surface area contributed by atoms with Crippen LogP contribution in [0.15, 0.2) is 42.5 Å². The van der Waals surface area contributed by atoms with Crippen LogP contribution in [0.25, 0.3) is 0 Å². The van der Waals surface area contributed by atoms with Gasteiger partial charge >= 0.3 is 6.03 Å². The van der Waals surface area contributed by atoms with Gasteiger partial charge in [0.2, 0.25) is 0 Å². The molecule has 2 aromatic rings. The number of amides is 2. The van der Waals surface area contributed by atoms with Crippen molar-refractivity contribution in [3.63, 3.8) is 0 Å². The highest BCUT2D eigenvalue weighted by atomic mass is 35.5. The molecule has 0 saturated carbocycles. The Morgan fingerprint density at radius 2 is 1.90 bits per heavy atom. The number of rotatable bonds is 6. The first-order chi connectivity index (χ1) is 13.9. The molecule has 3 rings (SSSR count). The highest BCUT2D eigenvalue weighted by molar-refractivity contribution is 6.31. The van der Waals surface area contributed by atoms with Crippen LogP contribution >= 0.6 is 11.6 Å². The van der Waals surface area contributed by atoms with Crippen LogP contribution in [0.1, 0.15) is 5.56 Å². The Balaban J connectivity index is 1.39. The van der Waals surface area contributed by atoms with Gasteiger partial charge in [0.1, 0.15) is 0 Å². The van der Waals surface area contributed by atoms with E-state index in [4.69, 9.17) is 11.6 Å². The number of nitro benzene ring substituents is 1. The number of benzene rings is 2. The molecule has 0 aliphatic carbocycles. The molecule has 29 heavy (non-hydrogen) atoms. The summed E-state index contributed by atoms with van der Waals surface area (Å²) in [4.78, 5) is 26.1. The Hall–Kier alpha value is -2.84. The fraction of sp³-hybridized carbons (Fsp3) is 0.350. The van der Waals surface area contributed by atoms with E-state index in [0.717, 1.165) is 44.0 Å². The molecule has 8 nitrogen and oxygen atoms in total. The van der Waals surface area contributed by atoms with Crippen molar-refractivity contribution in [3.05, 3.63) is 63.2 Å². The predicted molar refractivity (Wildman–Crippen MR) is 114 cm³/mol. The first-order valence-electron chi connectivity index (χ1n) is 9.56. The van der Waals surface area contributed by atoms with Crippen molar-refractivity contribution in [1.29, 1.82) is 0 Å². The number of nitrogens with one attached hydrogen (secondary N) is 3. The van der Waals surface area contributed by atoms with E-state index in [2.05, 4.69) is 15.5 Å². The van der Waals surface area contributed by atoms with Crippen molar-refractivity contribution in [2.24, 2.45) is 0 Å². The van der Waals surface area contributed by atoms with Crippen LogP contribution in [0.2, 0.25) is 5.02 Å². The number of carbonyl (C=O) groups excluding carboxylic acids is 1. The molecule has 154 valence electrons. The Kier molecular flexibility index (Phi) is 6.90. The van der Waals surface area contributed by atoms with Crippen molar-refractivity contribution in [2.75, 3.05) is 49.5 Å². The molecule has 0 spiro atoms. The molecule has 1 aliphatic rings. The fourth-order valence-electron chi connectivity index (χ4n) is 3.36. The molecule has 3 N–H and O–H groups in total. The number of non-ortho nitro benzene ring substituents is 1. The summed E-state index contributed by atoms with van der Waals surface area (Å²) in [6, 6.07) is 11.8. The quantitative estimate of drug-likeness (QED) is 0.494. The molecular weight excluding hydrogens is 394 g/mol. The van der Waals surface area contributed by atoms with E-state index in [9.17, 15) is 14.9 Å². The van der Waals surface area contributed by atoms with E-state index in [1.54, 1.807) is 36.4 Å². The van der Waals surface area contributed by atoms with Crippen LogP contribution < -0.4 is 20.4 Å². The van der Waals surface area contributed by atoms with Gasteiger partial charge in [-0.05, 0) is 36.8 Å². The second-order valence-corrected chi connectivity index (χ2v) is 7.54. The van der Waals surface area contributed by atoms with E-state index < -0.39 is 0 Å². The average molecular weight is 419 g/mol. The molecule has 1 fully saturated rings. The predicted octanol–water partition coefficient (Wildman–Crippen LogP) is 2.08. The third-order valence-electron chi connectivity index (χ3n) is 5.11. The topological polar surface area (TPSA) is 92.0 Å². The maximum atomic E-state index is 12.1. The van der Waals surface area contributed by atoms with E-state index in [-0.39, 0.29) is 16.6 Å². The zero-order valence-electron chi connectivity index (χ0n) is 16.3. The molecular formula is C20H25ClN5O3+. The summed E-state index contributed by atoms with van der Waals surface area (Å²) in [5.41, 5.74) is 2.77. The van der Waals surface area contributed by atoms with Crippen LogP contribution in [-0.4, -0.2) is 50.2 Å². The van der Waals surface area contributed by atoms with Crippen LogP contribution in [0.5, 0.6) is 0 Å². The maximum Gasteiger partial charge on any atom is 0.319 e. The summed E-state index contributed by atoms with van der Waals surface area (Å²) in [5.74, 6) is 0. The van der Waals surface area contributed by atoms with E-state index >= 15 is 0 Å². The molecule has 0 bridgehead atoms. The van der Waals surface area contributed by atoms with Crippen LogP contribution in [-0.2, 0) is 0 Å². The summed E-state index contributed by atoms with van der Waals surface area (Å²) in [7, 11) is 0. The van der Waals surface area contributed by atoms with Crippen molar-refractivity contribution in [2.45, 2.75) is 6.92 Å². The summed E-state index contributed by atoms with van der Waals surface area (Å²) in [6.45, 7) is 7.00. The van der Waals surface area contributed by atoms with E-state index in [0.29, 0.717) is 17.3 Å². The standard InChI is InChI=1S/C20H24ClN5O3/c1-15-2-3-16(21)14-19(15)23-20(27)22-8-9-24-10-12-25(13-11-24)17-4-6-18(7-5-17)26(28)29/h2-7,14H,8-13H2,1H3,(H2,22,23,27)/p+1. The number of hydrogen-bond donors (Lipinski definition) is 3. The lowest BCUT2D eigenvalue weighted by atomic mass is 10.2. The Morgan fingerprint density at radius 3 is 2.55 bits per heavy atom. The molecule has 2 aromatic carbocycles. The molecule has 0 unspecified atom stereocenters. The second kappa shape index (κ2) is 9.58.